The summed E-state index contributed by atoms with van der Waals surface area (Å²) in [5.41, 5.74) is 1.63. The molecule has 0 saturated heterocycles. The van der Waals surface area contributed by atoms with E-state index in [0.717, 1.165) is 11.8 Å². The van der Waals surface area contributed by atoms with E-state index in [1.54, 1.807) is 5.57 Å². The first kappa shape index (κ1) is 8.58. The molecule has 1 fully saturated rings. The summed E-state index contributed by atoms with van der Waals surface area (Å²) in [6, 6.07) is 0. The highest BCUT2D eigenvalue weighted by molar-refractivity contribution is 5.18. The second-order valence-electron chi connectivity index (χ2n) is 3.71. The highest BCUT2D eigenvalue weighted by atomic mass is 14.3. The minimum Gasteiger partial charge on any atom is -0.0877 e. The van der Waals surface area contributed by atoms with E-state index in [1.807, 2.05) is 0 Å². The molecule has 11 heavy (non-hydrogen) atoms. The van der Waals surface area contributed by atoms with Crippen LogP contribution in [0, 0.1) is 11.8 Å². The van der Waals surface area contributed by atoms with Crippen LogP contribution in [-0.4, -0.2) is 0 Å². The van der Waals surface area contributed by atoms with Crippen molar-refractivity contribution in [2.75, 3.05) is 0 Å². The zero-order valence-electron chi connectivity index (χ0n) is 7.80. The average molecular weight is 150 g/mol. The van der Waals surface area contributed by atoms with Gasteiger partial charge in [-0.2, -0.15) is 0 Å². The smallest absolute Gasteiger partial charge is 0.0226 e. The zero-order valence-corrected chi connectivity index (χ0v) is 7.80. The Hall–Kier alpha value is -0.520. The van der Waals surface area contributed by atoms with E-state index in [9.17, 15) is 0 Å². The largest absolute Gasteiger partial charge is 0.0877 e. The lowest BCUT2D eigenvalue weighted by molar-refractivity contribution is 0.563. The molecule has 1 rings (SSSR count). The first-order valence-electron chi connectivity index (χ1n) is 4.55. The molecule has 0 aliphatic heterocycles. The van der Waals surface area contributed by atoms with Crippen molar-refractivity contribution in [2.24, 2.45) is 11.8 Å². The standard InChI is InChI=1S/C11H18/c1-4-5-6-11-8-9(2)7-10(11)3/h4-6,9-10H,7-8H2,1-3H3. The molecule has 2 atom stereocenters. The topological polar surface area (TPSA) is 0 Å². The molecule has 0 nitrogen and oxygen atoms in total. The van der Waals surface area contributed by atoms with E-state index >= 15 is 0 Å². The summed E-state index contributed by atoms with van der Waals surface area (Å²) in [6.07, 6.45) is 9.23. The van der Waals surface area contributed by atoms with Crippen LogP contribution >= 0.6 is 0 Å². The van der Waals surface area contributed by atoms with Gasteiger partial charge in [0.1, 0.15) is 0 Å². The molecule has 0 radical (unpaired) electrons. The predicted octanol–water partition coefficient (Wildman–Crippen LogP) is 3.55. The summed E-state index contributed by atoms with van der Waals surface area (Å²) in [4.78, 5) is 0. The predicted molar refractivity (Wildman–Crippen MR) is 50.5 cm³/mol. The fourth-order valence-corrected chi connectivity index (χ4v) is 1.89. The Morgan fingerprint density at radius 1 is 1.36 bits per heavy atom. The van der Waals surface area contributed by atoms with Crippen LogP contribution < -0.4 is 0 Å². The lowest BCUT2D eigenvalue weighted by Gasteiger charge is -2.00. The van der Waals surface area contributed by atoms with Gasteiger partial charge < -0.3 is 0 Å². The molecule has 1 saturated carbocycles. The van der Waals surface area contributed by atoms with Crippen molar-refractivity contribution in [1.82, 2.24) is 0 Å². The second-order valence-corrected chi connectivity index (χ2v) is 3.71. The van der Waals surface area contributed by atoms with Gasteiger partial charge in [0.15, 0.2) is 0 Å². The van der Waals surface area contributed by atoms with Gasteiger partial charge in [-0.05, 0) is 31.6 Å². The van der Waals surface area contributed by atoms with E-state index in [-0.39, 0.29) is 0 Å². The van der Waals surface area contributed by atoms with Gasteiger partial charge in [0.05, 0.1) is 0 Å². The third-order valence-corrected chi connectivity index (χ3v) is 2.48. The van der Waals surface area contributed by atoms with Crippen molar-refractivity contribution in [3.63, 3.8) is 0 Å². The van der Waals surface area contributed by atoms with E-state index < -0.39 is 0 Å². The van der Waals surface area contributed by atoms with Crippen LogP contribution in [-0.2, 0) is 0 Å². The molecule has 0 heteroatoms. The number of rotatable bonds is 1. The maximum absolute atomic E-state index is 2.34. The molecule has 0 bridgehead atoms. The molecule has 0 heterocycles. The molecule has 0 aromatic carbocycles. The van der Waals surface area contributed by atoms with Crippen molar-refractivity contribution in [1.29, 1.82) is 0 Å². The Bertz CT molecular complexity index is 174. The Morgan fingerprint density at radius 3 is 2.55 bits per heavy atom. The van der Waals surface area contributed by atoms with Gasteiger partial charge in [0, 0.05) is 0 Å². The van der Waals surface area contributed by atoms with Crippen molar-refractivity contribution < 1.29 is 0 Å². The van der Waals surface area contributed by atoms with Crippen LogP contribution in [0.4, 0.5) is 0 Å². The van der Waals surface area contributed by atoms with E-state index in [2.05, 4.69) is 39.0 Å². The third kappa shape index (κ3) is 2.21. The molecule has 0 spiro atoms. The lowest BCUT2D eigenvalue weighted by Crippen LogP contribution is -1.87. The normalized spacial score (nSPS) is 35.7. The van der Waals surface area contributed by atoms with E-state index in [0.29, 0.717) is 0 Å². The van der Waals surface area contributed by atoms with Crippen LogP contribution in [0.15, 0.2) is 23.8 Å². The van der Waals surface area contributed by atoms with Crippen molar-refractivity contribution in [2.45, 2.75) is 33.6 Å². The number of allylic oxidation sites excluding steroid dienone is 4. The van der Waals surface area contributed by atoms with Crippen molar-refractivity contribution >= 4 is 0 Å². The quantitative estimate of drug-likeness (QED) is 0.536. The molecule has 2 unspecified atom stereocenters. The Labute approximate surface area is 70.0 Å². The second kappa shape index (κ2) is 3.75. The molecule has 62 valence electrons. The SMILES string of the molecule is CC=CC=C1CC(C)CC1C. The zero-order chi connectivity index (χ0) is 8.27. The average Bonchev–Trinajstić information content (AvgIpc) is 2.26. The van der Waals surface area contributed by atoms with Gasteiger partial charge in [-0.15, -0.1) is 0 Å². The summed E-state index contributed by atoms with van der Waals surface area (Å²) in [5.74, 6) is 1.72. The summed E-state index contributed by atoms with van der Waals surface area (Å²) in [7, 11) is 0. The summed E-state index contributed by atoms with van der Waals surface area (Å²) in [5, 5.41) is 0. The lowest BCUT2D eigenvalue weighted by atomic mass is 10.1. The van der Waals surface area contributed by atoms with Gasteiger partial charge in [-0.1, -0.05) is 37.6 Å². The molecule has 0 aromatic rings. The fourth-order valence-electron chi connectivity index (χ4n) is 1.89. The minimum atomic E-state index is 0.821. The maximum Gasteiger partial charge on any atom is -0.0226 e. The van der Waals surface area contributed by atoms with Crippen LogP contribution in [0.5, 0.6) is 0 Å². The van der Waals surface area contributed by atoms with Crippen molar-refractivity contribution in [3.05, 3.63) is 23.8 Å². The first-order valence-corrected chi connectivity index (χ1v) is 4.55. The minimum absolute atomic E-state index is 0.821. The maximum atomic E-state index is 2.34. The monoisotopic (exact) mass is 150 g/mol. The van der Waals surface area contributed by atoms with Crippen LogP contribution in [0.3, 0.4) is 0 Å². The van der Waals surface area contributed by atoms with Gasteiger partial charge in [0.2, 0.25) is 0 Å². The summed E-state index contributed by atoms with van der Waals surface area (Å²) >= 11 is 0. The highest BCUT2D eigenvalue weighted by Crippen LogP contribution is 2.34. The van der Waals surface area contributed by atoms with Crippen LogP contribution in [0.1, 0.15) is 33.6 Å². The molecule has 0 aromatic heterocycles. The molecule has 0 N–H and O–H groups in total. The molecule has 0 amide bonds. The number of hydrogen-bond donors (Lipinski definition) is 0. The van der Waals surface area contributed by atoms with E-state index in [4.69, 9.17) is 0 Å². The van der Waals surface area contributed by atoms with Crippen LogP contribution in [0.25, 0.3) is 0 Å². The first-order chi connectivity index (χ1) is 5.24. The van der Waals surface area contributed by atoms with Crippen LogP contribution in [0.2, 0.25) is 0 Å². The molecule has 1 aliphatic rings. The van der Waals surface area contributed by atoms with E-state index in [1.165, 1.54) is 12.8 Å². The fraction of sp³-hybridized carbons (Fsp3) is 0.636. The Morgan fingerprint density at radius 2 is 2.09 bits per heavy atom. The molecular formula is C11H18. The highest BCUT2D eigenvalue weighted by Gasteiger charge is 2.21. The Balaban J connectivity index is 2.59. The van der Waals surface area contributed by atoms with Gasteiger partial charge >= 0.3 is 0 Å². The molecular weight excluding hydrogens is 132 g/mol. The Kier molecular flexibility index (Phi) is 2.92. The van der Waals surface area contributed by atoms with Gasteiger partial charge in [0.25, 0.3) is 0 Å². The van der Waals surface area contributed by atoms with Crippen molar-refractivity contribution in [3.8, 4) is 0 Å². The third-order valence-electron chi connectivity index (χ3n) is 2.48. The van der Waals surface area contributed by atoms with Gasteiger partial charge in [-0.3, -0.25) is 0 Å². The van der Waals surface area contributed by atoms with Gasteiger partial charge in [-0.25, -0.2) is 0 Å². The summed E-state index contributed by atoms with van der Waals surface area (Å²) in [6.45, 7) is 6.74. The summed E-state index contributed by atoms with van der Waals surface area (Å²) < 4.78 is 0. The number of hydrogen-bond acceptors (Lipinski definition) is 0. The molecule has 1 aliphatic carbocycles.